The Kier molecular flexibility index (Phi) is 4.46. The Labute approximate surface area is 108 Å². The lowest BCUT2D eigenvalue weighted by atomic mass is 10.2. The molecule has 2 aromatic heterocycles. The molecule has 0 aliphatic heterocycles. The monoisotopic (exact) mass is 237 g/mol. The van der Waals surface area contributed by atoms with Crippen molar-refractivity contribution in [1.29, 1.82) is 0 Å². The third-order valence-electron chi connectivity index (χ3n) is 2.63. The molecule has 0 saturated carbocycles. The van der Waals surface area contributed by atoms with Crippen molar-refractivity contribution >= 4 is 0 Å². The van der Waals surface area contributed by atoms with Crippen LogP contribution in [-0.2, 0) is 13.1 Å². The highest BCUT2D eigenvalue weighted by molar-refractivity contribution is 5.13. The molecule has 0 saturated heterocycles. The molecule has 18 heavy (non-hydrogen) atoms. The van der Waals surface area contributed by atoms with E-state index in [4.69, 9.17) is 6.42 Å². The van der Waals surface area contributed by atoms with E-state index in [1.807, 2.05) is 24.3 Å². The van der Waals surface area contributed by atoms with Crippen LogP contribution in [0.2, 0.25) is 0 Å². The molecule has 0 radical (unpaired) electrons. The zero-order chi connectivity index (χ0) is 12.6. The summed E-state index contributed by atoms with van der Waals surface area (Å²) in [6.07, 6.45) is 12.6. The molecule has 0 spiro atoms. The van der Waals surface area contributed by atoms with E-state index in [0.29, 0.717) is 6.54 Å². The summed E-state index contributed by atoms with van der Waals surface area (Å²) in [5.41, 5.74) is 2.43. The lowest BCUT2D eigenvalue weighted by Crippen LogP contribution is -2.23. The standard InChI is InChI=1S/C15H15N3/c1-2-11-18(12-14-3-7-16-8-4-14)13-15-5-9-17-10-6-15/h1,3-10H,11-13H2. The summed E-state index contributed by atoms with van der Waals surface area (Å²) in [6.45, 7) is 2.29. The molecular weight excluding hydrogens is 222 g/mol. The minimum absolute atomic E-state index is 0.630. The van der Waals surface area contributed by atoms with Gasteiger partial charge in [-0.25, -0.2) is 0 Å². The van der Waals surface area contributed by atoms with Gasteiger partial charge in [0.05, 0.1) is 6.54 Å². The largest absolute Gasteiger partial charge is 0.284 e. The van der Waals surface area contributed by atoms with Crippen LogP contribution in [0.3, 0.4) is 0 Å². The molecule has 2 aromatic rings. The minimum Gasteiger partial charge on any atom is -0.284 e. The molecule has 2 heterocycles. The molecule has 0 aliphatic rings. The molecule has 0 atom stereocenters. The van der Waals surface area contributed by atoms with Crippen LogP contribution in [0.15, 0.2) is 49.1 Å². The summed E-state index contributed by atoms with van der Waals surface area (Å²) in [5, 5.41) is 0. The maximum atomic E-state index is 5.42. The maximum Gasteiger partial charge on any atom is 0.0605 e. The molecule has 2 rings (SSSR count). The zero-order valence-corrected chi connectivity index (χ0v) is 10.2. The Morgan fingerprint density at radius 2 is 1.33 bits per heavy atom. The topological polar surface area (TPSA) is 29.0 Å². The van der Waals surface area contributed by atoms with Crippen LogP contribution in [0.25, 0.3) is 0 Å². The maximum absolute atomic E-state index is 5.42. The van der Waals surface area contributed by atoms with Gasteiger partial charge in [-0.15, -0.1) is 6.42 Å². The molecule has 3 heteroatoms. The number of terminal acetylenes is 1. The number of pyridine rings is 2. The molecule has 0 bridgehead atoms. The van der Waals surface area contributed by atoms with Gasteiger partial charge in [0.15, 0.2) is 0 Å². The van der Waals surface area contributed by atoms with Crippen molar-refractivity contribution in [3.8, 4) is 12.3 Å². The van der Waals surface area contributed by atoms with Gasteiger partial charge >= 0.3 is 0 Å². The van der Waals surface area contributed by atoms with Crippen molar-refractivity contribution in [2.24, 2.45) is 0 Å². The normalized spacial score (nSPS) is 10.2. The first-order valence-electron chi connectivity index (χ1n) is 5.82. The predicted octanol–water partition coefficient (Wildman–Crippen LogP) is 2.11. The van der Waals surface area contributed by atoms with Gasteiger partial charge < -0.3 is 0 Å². The van der Waals surface area contributed by atoms with Crippen LogP contribution in [0.5, 0.6) is 0 Å². The molecular formula is C15H15N3. The average Bonchev–Trinajstić information content (AvgIpc) is 2.41. The highest BCUT2D eigenvalue weighted by Gasteiger charge is 2.05. The van der Waals surface area contributed by atoms with Gasteiger partial charge in [0.2, 0.25) is 0 Å². The molecule has 0 aliphatic carbocycles. The second kappa shape index (κ2) is 6.53. The van der Waals surface area contributed by atoms with E-state index >= 15 is 0 Å². The number of hydrogen-bond donors (Lipinski definition) is 0. The first kappa shape index (κ1) is 12.3. The quantitative estimate of drug-likeness (QED) is 0.746. The van der Waals surface area contributed by atoms with E-state index in [0.717, 1.165) is 13.1 Å². The number of hydrogen-bond acceptors (Lipinski definition) is 3. The van der Waals surface area contributed by atoms with E-state index in [9.17, 15) is 0 Å². The SMILES string of the molecule is C#CCN(Cc1ccncc1)Cc1ccncc1. The summed E-state index contributed by atoms with van der Waals surface area (Å²) in [6, 6.07) is 8.04. The Morgan fingerprint density at radius 1 is 0.889 bits per heavy atom. The second-order valence-electron chi connectivity index (χ2n) is 4.06. The van der Waals surface area contributed by atoms with Crippen LogP contribution in [0.1, 0.15) is 11.1 Å². The summed E-state index contributed by atoms with van der Waals surface area (Å²) in [4.78, 5) is 10.2. The van der Waals surface area contributed by atoms with Crippen molar-refractivity contribution in [2.45, 2.75) is 13.1 Å². The number of rotatable bonds is 5. The summed E-state index contributed by atoms with van der Waals surface area (Å²) in [7, 11) is 0. The molecule has 0 unspecified atom stereocenters. The number of nitrogens with zero attached hydrogens (tertiary/aromatic N) is 3. The highest BCUT2D eigenvalue weighted by atomic mass is 15.1. The van der Waals surface area contributed by atoms with Gasteiger partial charge in [0, 0.05) is 37.9 Å². The van der Waals surface area contributed by atoms with Gasteiger partial charge in [-0.2, -0.15) is 0 Å². The first-order chi connectivity index (χ1) is 8.88. The lowest BCUT2D eigenvalue weighted by molar-refractivity contribution is 0.290. The average molecular weight is 237 g/mol. The fourth-order valence-electron chi connectivity index (χ4n) is 1.79. The summed E-state index contributed by atoms with van der Waals surface area (Å²) < 4.78 is 0. The molecule has 0 fully saturated rings. The fraction of sp³-hybridized carbons (Fsp3) is 0.200. The van der Waals surface area contributed by atoms with Crippen molar-refractivity contribution < 1.29 is 0 Å². The van der Waals surface area contributed by atoms with Crippen molar-refractivity contribution in [1.82, 2.24) is 14.9 Å². The minimum atomic E-state index is 0.630. The van der Waals surface area contributed by atoms with Crippen molar-refractivity contribution in [3.05, 3.63) is 60.2 Å². The third-order valence-corrected chi connectivity index (χ3v) is 2.63. The van der Waals surface area contributed by atoms with E-state index in [-0.39, 0.29) is 0 Å². The predicted molar refractivity (Wildman–Crippen MR) is 71.4 cm³/mol. The molecule has 0 amide bonds. The smallest absolute Gasteiger partial charge is 0.0605 e. The lowest BCUT2D eigenvalue weighted by Gasteiger charge is -2.19. The van der Waals surface area contributed by atoms with Crippen LogP contribution in [0, 0.1) is 12.3 Å². The molecule has 3 nitrogen and oxygen atoms in total. The van der Waals surface area contributed by atoms with E-state index in [2.05, 4.69) is 20.8 Å². The van der Waals surface area contributed by atoms with E-state index in [1.54, 1.807) is 24.8 Å². The van der Waals surface area contributed by atoms with Crippen LogP contribution in [-0.4, -0.2) is 21.4 Å². The van der Waals surface area contributed by atoms with Crippen molar-refractivity contribution in [2.75, 3.05) is 6.54 Å². The highest BCUT2D eigenvalue weighted by Crippen LogP contribution is 2.08. The van der Waals surface area contributed by atoms with Gasteiger partial charge in [-0.1, -0.05) is 5.92 Å². The van der Waals surface area contributed by atoms with Gasteiger partial charge in [0.1, 0.15) is 0 Å². The molecule has 0 N–H and O–H groups in total. The fourth-order valence-corrected chi connectivity index (χ4v) is 1.79. The van der Waals surface area contributed by atoms with Crippen molar-refractivity contribution in [3.63, 3.8) is 0 Å². The first-order valence-corrected chi connectivity index (χ1v) is 5.82. The van der Waals surface area contributed by atoms with Gasteiger partial charge in [0.25, 0.3) is 0 Å². The zero-order valence-electron chi connectivity index (χ0n) is 10.2. The van der Waals surface area contributed by atoms with E-state index in [1.165, 1.54) is 11.1 Å². The third kappa shape index (κ3) is 3.69. The Balaban J connectivity index is 2.03. The molecule has 0 aromatic carbocycles. The summed E-state index contributed by atoms with van der Waals surface area (Å²) >= 11 is 0. The van der Waals surface area contributed by atoms with Crippen LogP contribution < -0.4 is 0 Å². The molecule has 90 valence electrons. The second-order valence-corrected chi connectivity index (χ2v) is 4.06. The van der Waals surface area contributed by atoms with E-state index < -0.39 is 0 Å². The Morgan fingerprint density at radius 3 is 1.72 bits per heavy atom. The van der Waals surface area contributed by atoms with Gasteiger partial charge in [-0.3, -0.25) is 14.9 Å². The number of aromatic nitrogens is 2. The van der Waals surface area contributed by atoms with Crippen LogP contribution in [0.4, 0.5) is 0 Å². The van der Waals surface area contributed by atoms with Crippen LogP contribution >= 0.6 is 0 Å². The Bertz CT molecular complexity index is 461. The summed E-state index contributed by atoms with van der Waals surface area (Å²) in [5.74, 6) is 2.70. The van der Waals surface area contributed by atoms with Gasteiger partial charge in [-0.05, 0) is 35.4 Å². The Hall–Kier alpha value is -2.18.